The molecule has 1 atom stereocenters. The number of benzene rings is 1. The first-order valence-corrected chi connectivity index (χ1v) is 8.86. The Labute approximate surface area is 132 Å². The van der Waals surface area contributed by atoms with Crippen LogP contribution < -0.4 is 0 Å². The van der Waals surface area contributed by atoms with E-state index in [-0.39, 0.29) is 11.1 Å². The van der Waals surface area contributed by atoms with Crippen molar-refractivity contribution in [3.63, 3.8) is 0 Å². The number of aryl methyl sites for hydroxylation is 2. The topological polar surface area (TPSA) is 55.2 Å². The van der Waals surface area contributed by atoms with Crippen LogP contribution in [0.4, 0.5) is 0 Å². The lowest BCUT2D eigenvalue weighted by Gasteiger charge is -2.26. The Morgan fingerprint density at radius 2 is 1.91 bits per heavy atom. The monoisotopic (exact) mass is 321 g/mol. The third kappa shape index (κ3) is 3.39. The molecule has 1 unspecified atom stereocenters. The van der Waals surface area contributed by atoms with Gasteiger partial charge in [0.25, 0.3) is 10.0 Å². The van der Waals surface area contributed by atoms with Gasteiger partial charge in [0.05, 0.1) is 0 Å². The average Bonchev–Trinajstić information content (AvgIpc) is 2.85. The van der Waals surface area contributed by atoms with E-state index in [0.717, 1.165) is 12.0 Å². The Hall–Kier alpha value is -1.66. The zero-order chi connectivity index (χ0) is 16.3. The van der Waals surface area contributed by atoms with Crippen LogP contribution in [0.2, 0.25) is 0 Å². The van der Waals surface area contributed by atoms with Crippen LogP contribution in [0.15, 0.2) is 41.6 Å². The fraction of sp³-hybridized carbons (Fsp3) is 0.438. The van der Waals surface area contributed by atoms with E-state index in [2.05, 4.69) is 4.98 Å². The van der Waals surface area contributed by atoms with Crippen LogP contribution in [0.5, 0.6) is 0 Å². The molecule has 0 amide bonds. The first kappa shape index (κ1) is 16.7. The Bertz CT molecular complexity index is 704. The molecule has 0 aliphatic heterocycles. The van der Waals surface area contributed by atoms with Crippen LogP contribution in [0, 0.1) is 6.92 Å². The summed E-state index contributed by atoms with van der Waals surface area (Å²) in [6.07, 6.45) is 2.32. The van der Waals surface area contributed by atoms with Crippen molar-refractivity contribution in [1.29, 1.82) is 0 Å². The molecule has 0 aliphatic rings. The average molecular weight is 321 g/mol. The number of aromatic nitrogens is 2. The number of nitrogens with zero attached hydrogens (tertiary/aromatic N) is 3. The van der Waals surface area contributed by atoms with Crippen LogP contribution in [0.1, 0.15) is 31.7 Å². The van der Waals surface area contributed by atoms with Crippen LogP contribution in [-0.4, -0.2) is 28.3 Å². The van der Waals surface area contributed by atoms with E-state index in [1.54, 1.807) is 24.7 Å². The molecule has 0 aliphatic carbocycles. The fourth-order valence-corrected chi connectivity index (χ4v) is 3.94. The van der Waals surface area contributed by atoms with Gasteiger partial charge in [0.15, 0.2) is 5.03 Å². The summed E-state index contributed by atoms with van der Waals surface area (Å²) in [4.78, 5) is 4.19. The van der Waals surface area contributed by atoms with Gasteiger partial charge in [-0.15, -0.1) is 0 Å². The third-order valence-corrected chi connectivity index (χ3v) is 5.75. The Morgan fingerprint density at radius 1 is 1.27 bits per heavy atom. The van der Waals surface area contributed by atoms with Crippen molar-refractivity contribution in [2.75, 3.05) is 0 Å². The summed E-state index contributed by atoms with van der Waals surface area (Å²) in [6.45, 7) is 6.07. The quantitative estimate of drug-likeness (QED) is 0.822. The molecule has 22 heavy (non-hydrogen) atoms. The standard InChI is InChI=1S/C16H23N3O2S/c1-5-13(2)19(11-15-9-7-6-8-10-15)22(20,21)16-12-18(4)14(3)17-16/h6-10,12-13H,5,11H2,1-4H3. The van der Waals surface area contributed by atoms with Crippen molar-refractivity contribution in [3.05, 3.63) is 47.9 Å². The Kier molecular flexibility index (Phi) is 5.03. The molecular formula is C16H23N3O2S. The fourth-order valence-electron chi connectivity index (χ4n) is 2.22. The van der Waals surface area contributed by atoms with E-state index >= 15 is 0 Å². The second kappa shape index (κ2) is 6.62. The molecule has 6 heteroatoms. The van der Waals surface area contributed by atoms with Crippen molar-refractivity contribution in [3.8, 4) is 0 Å². The van der Waals surface area contributed by atoms with Crippen molar-refractivity contribution < 1.29 is 8.42 Å². The van der Waals surface area contributed by atoms with Crippen LogP contribution >= 0.6 is 0 Å². The molecule has 0 saturated carbocycles. The van der Waals surface area contributed by atoms with Gasteiger partial charge < -0.3 is 4.57 Å². The highest BCUT2D eigenvalue weighted by atomic mass is 32.2. The highest BCUT2D eigenvalue weighted by Gasteiger charge is 2.30. The molecule has 120 valence electrons. The summed E-state index contributed by atoms with van der Waals surface area (Å²) in [7, 11) is -1.81. The van der Waals surface area contributed by atoms with Gasteiger partial charge in [-0.2, -0.15) is 4.31 Å². The van der Waals surface area contributed by atoms with Crippen LogP contribution in [0.25, 0.3) is 0 Å². The van der Waals surface area contributed by atoms with E-state index in [0.29, 0.717) is 12.4 Å². The van der Waals surface area contributed by atoms with Crippen molar-refractivity contribution in [2.24, 2.45) is 7.05 Å². The lowest BCUT2D eigenvalue weighted by molar-refractivity contribution is 0.322. The summed E-state index contributed by atoms with van der Waals surface area (Å²) >= 11 is 0. The first-order chi connectivity index (χ1) is 10.4. The lowest BCUT2D eigenvalue weighted by atomic mass is 10.2. The summed E-state index contributed by atoms with van der Waals surface area (Å²) in [6, 6.07) is 9.55. The minimum atomic E-state index is -3.61. The number of sulfonamides is 1. The molecule has 5 nitrogen and oxygen atoms in total. The maximum Gasteiger partial charge on any atom is 0.262 e. The smallest absolute Gasteiger partial charge is 0.262 e. The predicted molar refractivity (Wildman–Crippen MR) is 86.9 cm³/mol. The zero-order valence-electron chi connectivity index (χ0n) is 13.5. The Balaban J connectivity index is 2.40. The van der Waals surface area contributed by atoms with Gasteiger partial charge in [-0.05, 0) is 25.8 Å². The minimum absolute atomic E-state index is 0.0903. The van der Waals surface area contributed by atoms with Crippen LogP contribution in [0.3, 0.4) is 0 Å². The van der Waals surface area contributed by atoms with Crippen LogP contribution in [-0.2, 0) is 23.6 Å². The second-order valence-corrected chi connectivity index (χ2v) is 7.37. The summed E-state index contributed by atoms with van der Waals surface area (Å²) < 4.78 is 29.2. The van der Waals surface area contributed by atoms with E-state index in [4.69, 9.17) is 0 Å². The van der Waals surface area contributed by atoms with Gasteiger partial charge in [0.1, 0.15) is 5.82 Å². The molecule has 0 N–H and O–H groups in total. The van der Waals surface area contributed by atoms with E-state index < -0.39 is 10.0 Å². The van der Waals surface area contributed by atoms with Gasteiger partial charge in [-0.1, -0.05) is 37.3 Å². The zero-order valence-corrected chi connectivity index (χ0v) is 14.3. The lowest BCUT2D eigenvalue weighted by Crippen LogP contribution is -2.38. The molecule has 2 rings (SSSR count). The first-order valence-electron chi connectivity index (χ1n) is 7.42. The number of imidazole rings is 1. The van der Waals surface area contributed by atoms with Gasteiger partial charge in [-0.3, -0.25) is 0 Å². The third-order valence-electron chi connectivity index (χ3n) is 3.92. The minimum Gasteiger partial charge on any atom is -0.337 e. The van der Waals surface area contributed by atoms with Crippen molar-refractivity contribution in [2.45, 2.75) is 44.8 Å². The molecule has 2 aromatic rings. The number of hydrogen-bond donors (Lipinski definition) is 0. The highest BCUT2D eigenvalue weighted by Crippen LogP contribution is 2.21. The van der Waals surface area contributed by atoms with E-state index in [9.17, 15) is 8.42 Å². The summed E-state index contributed by atoms with van der Waals surface area (Å²) in [5.41, 5.74) is 0.971. The van der Waals surface area contributed by atoms with Crippen molar-refractivity contribution in [1.82, 2.24) is 13.9 Å². The molecule has 0 spiro atoms. The van der Waals surface area contributed by atoms with Crippen molar-refractivity contribution >= 4 is 10.0 Å². The molecule has 0 saturated heterocycles. The second-order valence-electron chi connectivity index (χ2n) is 5.53. The molecule has 1 aromatic heterocycles. The summed E-state index contributed by atoms with van der Waals surface area (Å²) in [5, 5.41) is 0.115. The molecule has 1 heterocycles. The molecule has 1 aromatic carbocycles. The normalized spacial score (nSPS) is 13.5. The molecular weight excluding hydrogens is 298 g/mol. The largest absolute Gasteiger partial charge is 0.337 e. The van der Waals surface area contributed by atoms with Gasteiger partial charge >= 0.3 is 0 Å². The molecule has 0 radical (unpaired) electrons. The SMILES string of the molecule is CCC(C)N(Cc1ccccc1)S(=O)(=O)c1cn(C)c(C)n1. The maximum absolute atomic E-state index is 13.0. The predicted octanol–water partition coefficient (Wildman–Crippen LogP) is 2.72. The maximum atomic E-state index is 13.0. The molecule has 0 fully saturated rings. The van der Waals surface area contributed by atoms with E-state index in [1.165, 1.54) is 4.31 Å². The highest BCUT2D eigenvalue weighted by molar-refractivity contribution is 7.89. The number of hydrogen-bond acceptors (Lipinski definition) is 3. The van der Waals surface area contributed by atoms with Gasteiger partial charge in [0.2, 0.25) is 0 Å². The van der Waals surface area contributed by atoms with Gasteiger partial charge in [0, 0.05) is 25.8 Å². The van der Waals surface area contributed by atoms with E-state index in [1.807, 2.05) is 44.2 Å². The molecule has 0 bridgehead atoms. The Morgan fingerprint density at radius 3 is 2.41 bits per heavy atom. The summed E-state index contributed by atoms with van der Waals surface area (Å²) in [5.74, 6) is 0.683. The number of rotatable bonds is 6. The van der Waals surface area contributed by atoms with Gasteiger partial charge in [-0.25, -0.2) is 13.4 Å².